The maximum absolute atomic E-state index is 11.4. The Morgan fingerprint density at radius 2 is 1.79 bits per heavy atom. The minimum Gasteiger partial charge on any atom is -0.481 e. The summed E-state index contributed by atoms with van der Waals surface area (Å²) in [5, 5.41) is 16.4. The van der Waals surface area contributed by atoms with Crippen LogP contribution in [0.2, 0.25) is 0 Å². The maximum Gasteiger partial charge on any atom is 0.315 e. The minimum absolute atomic E-state index is 0.110. The van der Waals surface area contributed by atoms with Crippen LogP contribution < -0.4 is 16.0 Å². The zero-order valence-corrected chi connectivity index (χ0v) is 11.5. The van der Waals surface area contributed by atoms with E-state index >= 15 is 0 Å². The molecule has 7 heteroatoms. The van der Waals surface area contributed by atoms with Crippen LogP contribution in [-0.4, -0.2) is 42.1 Å². The molecule has 7 nitrogen and oxygen atoms in total. The van der Waals surface area contributed by atoms with E-state index in [0.29, 0.717) is 13.0 Å². The fraction of sp³-hybridized carbons (Fsp3) is 0.750. The molecule has 0 aromatic carbocycles. The van der Waals surface area contributed by atoms with E-state index in [2.05, 4.69) is 16.0 Å². The molecule has 0 rings (SSSR count). The van der Waals surface area contributed by atoms with Crippen molar-refractivity contribution in [2.24, 2.45) is 0 Å². The summed E-state index contributed by atoms with van der Waals surface area (Å²) < 4.78 is 0. The van der Waals surface area contributed by atoms with Crippen LogP contribution >= 0.6 is 0 Å². The van der Waals surface area contributed by atoms with Crippen molar-refractivity contribution in [3.8, 4) is 0 Å². The number of rotatable bonds is 9. The van der Waals surface area contributed by atoms with E-state index in [1.165, 1.54) is 0 Å². The number of aliphatic carboxylic acids is 1. The van der Waals surface area contributed by atoms with E-state index in [-0.39, 0.29) is 25.3 Å². The Kier molecular flexibility index (Phi) is 9.20. The molecule has 19 heavy (non-hydrogen) atoms. The fourth-order valence-electron chi connectivity index (χ4n) is 1.39. The number of nitrogens with one attached hydrogen (secondary N) is 3. The van der Waals surface area contributed by atoms with Crippen LogP contribution in [-0.2, 0) is 9.59 Å². The van der Waals surface area contributed by atoms with Gasteiger partial charge in [-0.2, -0.15) is 0 Å². The van der Waals surface area contributed by atoms with Crippen LogP contribution in [0.15, 0.2) is 0 Å². The first-order chi connectivity index (χ1) is 8.99. The Hall–Kier alpha value is -1.79. The second-order valence-electron chi connectivity index (χ2n) is 4.20. The topological polar surface area (TPSA) is 108 Å². The van der Waals surface area contributed by atoms with Crippen molar-refractivity contribution in [1.82, 2.24) is 16.0 Å². The van der Waals surface area contributed by atoms with Crippen molar-refractivity contribution >= 4 is 17.9 Å². The summed E-state index contributed by atoms with van der Waals surface area (Å²) in [6.07, 6.45) is 1.51. The number of amides is 3. The summed E-state index contributed by atoms with van der Waals surface area (Å²) in [6, 6.07) is -0.845. The van der Waals surface area contributed by atoms with Gasteiger partial charge in [0.15, 0.2) is 0 Å². The summed E-state index contributed by atoms with van der Waals surface area (Å²) >= 11 is 0. The van der Waals surface area contributed by atoms with Crippen molar-refractivity contribution < 1.29 is 19.5 Å². The van der Waals surface area contributed by atoms with Gasteiger partial charge in [-0.25, -0.2) is 4.79 Å². The summed E-state index contributed by atoms with van der Waals surface area (Å²) in [4.78, 5) is 33.2. The molecule has 3 amide bonds. The molecule has 0 aromatic heterocycles. The summed E-state index contributed by atoms with van der Waals surface area (Å²) in [5.41, 5.74) is 0. The van der Waals surface area contributed by atoms with Gasteiger partial charge in [-0.1, -0.05) is 13.8 Å². The Morgan fingerprint density at radius 3 is 2.32 bits per heavy atom. The highest BCUT2D eigenvalue weighted by molar-refractivity contribution is 5.78. The molecule has 0 aliphatic rings. The summed E-state index contributed by atoms with van der Waals surface area (Å²) in [6.45, 7) is 4.61. The van der Waals surface area contributed by atoms with Crippen molar-refractivity contribution in [2.45, 2.75) is 45.6 Å². The lowest BCUT2D eigenvalue weighted by Gasteiger charge is -2.15. The molecule has 0 bridgehead atoms. The zero-order chi connectivity index (χ0) is 14.7. The third-order valence-electron chi connectivity index (χ3n) is 2.46. The van der Waals surface area contributed by atoms with Crippen molar-refractivity contribution in [3.63, 3.8) is 0 Å². The highest BCUT2D eigenvalue weighted by Gasteiger charge is 2.13. The Morgan fingerprint density at radius 1 is 1.11 bits per heavy atom. The first-order valence-corrected chi connectivity index (χ1v) is 6.52. The Bertz CT molecular complexity index is 307. The Labute approximate surface area is 113 Å². The van der Waals surface area contributed by atoms with Gasteiger partial charge in [-0.3, -0.25) is 9.59 Å². The standard InChI is InChI=1S/C12H23N3O4/c1-3-6-13-10(16)5-7-14-12(19)15-9(4-2)8-11(17)18/h9H,3-8H2,1-2H3,(H,13,16)(H,17,18)(H2,14,15,19). The number of carbonyl (C=O) groups excluding carboxylic acids is 2. The predicted molar refractivity (Wildman–Crippen MR) is 70.8 cm³/mol. The molecule has 0 aliphatic heterocycles. The molecule has 4 N–H and O–H groups in total. The van der Waals surface area contributed by atoms with Crippen molar-refractivity contribution in [2.75, 3.05) is 13.1 Å². The highest BCUT2D eigenvalue weighted by atomic mass is 16.4. The quantitative estimate of drug-likeness (QED) is 0.489. The van der Waals surface area contributed by atoms with Gasteiger partial charge in [0.05, 0.1) is 6.42 Å². The average Bonchev–Trinajstić information content (AvgIpc) is 2.34. The van der Waals surface area contributed by atoms with E-state index in [0.717, 1.165) is 6.42 Å². The molecule has 0 radical (unpaired) electrons. The number of hydrogen-bond acceptors (Lipinski definition) is 3. The largest absolute Gasteiger partial charge is 0.481 e. The number of urea groups is 1. The number of hydrogen-bond donors (Lipinski definition) is 4. The lowest BCUT2D eigenvalue weighted by Crippen LogP contribution is -2.43. The van der Waals surface area contributed by atoms with Crippen molar-refractivity contribution in [1.29, 1.82) is 0 Å². The van der Waals surface area contributed by atoms with E-state index in [1.807, 2.05) is 6.92 Å². The lowest BCUT2D eigenvalue weighted by atomic mass is 10.1. The van der Waals surface area contributed by atoms with Crippen LogP contribution in [0.4, 0.5) is 4.79 Å². The monoisotopic (exact) mass is 273 g/mol. The molecule has 0 saturated carbocycles. The molecule has 1 atom stereocenters. The number of carboxylic acid groups (broad SMARTS) is 1. The van der Waals surface area contributed by atoms with E-state index in [4.69, 9.17) is 5.11 Å². The SMILES string of the molecule is CCCNC(=O)CCNC(=O)NC(CC)CC(=O)O. The van der Waals surface area contributed by atoms with Crippen LogP contribution in [0, 0.1) is 0 Å². The third-order valence-corrected chi connectivity index (χ3v) is 2.46. The lowest BCUT2D eigenvalue weighted by molar-refractivity contribution is -0.137. The number of carbonyl (C=O) groups is 3. The molecule has 110 valence electrons. The van der Waals surface area contributed by atoms with Gasteiger partial charge >= 0.3 is 12.0 Å². The first kappa shape index (κ1) is 17.2. The molecule has 0 aromatic rings. The van der Waals surface area contributed by atoms with Crippen molar-refractivity contribution in [3.05, 3.63) is 0 Å². The van der Waals surface area contributed by atoms with Crippen LogP contribution in [0.1, 0.15) is 39.5 Å². The first-order valence-electron chi connectivity index (χ1n) is 6.52. The summed E-state index contributed by atoms with van der Waals surface area (Å²) in [7, 11) is 0. The maximum atomic E-state index is 11.4. The molecule has 1 unspecified atom stereocenters. The minimum atomic E-state index is -0.953. The average molecular weight is 273 g/mol. The molecule has 0 saturated heterocycles. The van der Waals surface area contributed by atoms with Gasteiger partial charge in [0.2, 0.25) is 5.91 Å². The second kappa shape index (κ2) is 10.2. The van der Waals surface area contributed by atoms with Gasteiger partial charge in [-0.05, 0) is 12.8 Å². The fourth-order valence-corrected chi connectivity index (χ4v) is 1.39. The van der Waals surface area contributed by atoms with Gasteiger partial charge < -0.3 is 21.1 Å². The smallest absolute Gasteiger partial charge is 0.315 e. The molecular formula is C12H23N3O4. The van der Waals surface area contributed by atoms with Gasteiger partial charge in [0.25, 0.3) is 0 Å². The molecule has 0 spiro atoms. The van der Waals surface area contributed by atoms with Crippen LogP contribution in [0.25, 0.3) is 0 Å². The molecule has 0 aliphatic carbocycles. The zero-order valence-electron chi connectivity index (χ0n) is 11.5. The van der Waals surface area contributed by atoms with Crippen LogP contribution in [0.5, 0.6) is 0 Å². The Balaban J connectivity index is 3.79. The van der Waals surface area contributed by atoms with E-state index in [1.54, 1.807) is 6.92 Å². The number of carboxylic acids is 1. The van der Waals surface area contributed by atoms with E-state index < -0.39 is 18.0 Å². The van der Waals surface area contributed by atoms with Crippen LogP contribution in [0.3, 0.4) is 0 Å². The van der Waals surface area contributed by atoms with E-state index in [9.17, 15) is 14.4 Å². The molecule has 0 fully saturated rings. The highest BCUT2D eigenvalue weighted by Crippen LogP contribution is 1.97. The molecule has 0 heterocycles. The normalized spacial score (nSPS) is 11.5. The third kappa shape index (κ3) is 9.87. The second-order valence-corrected chi connectivity index (χ2v) is 4.20. The van der Waals surface area contributed by atoms with Gasteiger partial charge in [0.1, 0.15) is 0 Å². The van der Waals surface area contributed by atoms with Gasteiger partial charge in [0, 0.05) is 25.6 Å². The predicted octanol–water partition coefficient (Wildman–Crippen LogP) is 0.455. The molecular weight excluding hydrogens is 250 g/mol. The summed E-state index contributed by atoms with van der Waals surface area (Å²) in [5.74, 6) is -1.06. The van der Waals surface area contributed by atoms with Gasteiger partial charge in [-0.15, -0.1) is 0 Å².